The normalized spacial score (nSPS) is 17.2. The molecule has 1 rings (SSSR count). The van der Waals surface area contributed by atoms with Gasteiger partial charge < -0.3 is 9.80 Å². The van der Waals surface area contributed by atoms with Crippen molar-refractivity contribution >= 4 is 11.8 Å². The Balaban J connectivity index is 2.52. The topological polar surface area (TPSA) is 43.9 Å². The smallest absolute Gasteiger partial charge is 0.237 e. The second kappa shape index (κ2) is 7.44. The highest BCUT2D eigenvalue weighted by molar-refractivity contribution is 5.82. The predicted molar refractivity (Wildman–Crippen MR) is 89.6 cm³/mol. The Hall–Kier alpha value is -1.10. The predicted octanol–water partition coefficient (Wildman–Crippen LogP) is 1.82. The van der Waals surface area contributed by atoms with Gasteiger partial charge in [0.15, 0.2) is 0 Å². The maximum Gasteiger partial charge on any atom is 0.237 e. The van der Waals surface area contributed by atoms with Gasteiger partial charge in [-0.3, -0.25) is 14.5 Å². The molecule has 1 aliphatic rings. The molecule has 1 saturated heterocycles. The van der Waals surface area contributed by atoms with Gasteiger partial charge in [-0.2, -0.15) is 0 Å². The minimum Gasteiger partial charge on any atom is -0.340 e. The lowest BCUT2D eigenvalue weighted by molar-refractivity contribution is -0.142. The van der Waals surface area contributed by atoms with E-state index in [0.29, 0.717) is 19.6 Å². The summed E-state index contributed by atoms with van der Waals surface area (Å²) in [5, 5.41) is 0. The molecule has 0 saturated carbocycles. The first kappa shape index (κ1) is 18.9. The molecule has 5 nitrogen and oxygen atoms in total. The van der Waals surface area contributed by atoms with Gasteiger partial charge in [0.25, 0.3) is 0 Å². The standard InChI is InChI=1S/C17H33N3O2/c1-13(2)20(14(3)4)15(21)12-18-8-10-19(11-9-18)16(22)17(5,6)7/h13-14H,8-12H2,1-7H3. The number of carbonyl (C=O) groups excluding carboxylic acids is 2. The van der Waals surface area contributed by atoms with Gasteiger partial charge in [-0.1, -0.05) is 20.8 Å². The van der Waals surface area contributed by atoms with Gasteiger partial charge in [0.1, 0.15) is 0 Å². The second-order valence-corrected chi connectivity index (χ2v) is 7.81. The van der Waals surface area contributed by atoms with Crippen LogP contribution in [0.1, 0.15) is 48.5 Å². The van der Waals surface area contributed by atoms with Crippen molar-refractivity contribution in [2.75, 3.05) is 32.7 Å². The van der Waals surface area contributed by atoms with Gasteiger partial charge in [0.2, 0.25) is 11.8 Å². The van der Waals surface area contributed by atoms with E-state index >= 15 is 0 Å². The summed E-state index contributed by atoms with van der Waals surface area (Å²) in [4.78, 5) is 30.8. The molecule has 0 bridgehead atoms. The third-order valence-corrected chi connectivity index (χ3v) is 4.06. The summed E-state index contributed by atoms with van der Waals surface area (Å²) in [6, 6.07) is 0.438. The Morgan fingerprint density at radius 2 is 1.41 bits per heavy atom. The van der Waals surface area contributed by atoms with Crippen molar-refractivity contribution < 1.29 is 9.59 Å². The molecule has 0 aromatic rings. The number of piperazine rings is 1. The molecule has 0 unspecified atom stereocenters. The molecule has 1 heterocycles. The van der Waals surface area contributed by atoms with E-state index in [0.717, 1.165) is 13.1 Å². The summed E-state index contributed by atoms with van der Waals surface area (Å²) in [7, 11) is 0. The number of hydrogen-bond acceptors (Lipinski definition) is 3. The average Bonchev–Trinajstić information content (AvgIpc) is 2.36. The molecule has 0 spiro atoms. The van der Waals surface area contributed by atoms with E-state index in [1.807, 2.05) is 30.6 Å². The summed E-state index contributed by atoms with van der Waals surface area (Å²) in [5.41, 5.74) is -0.329. The van der Waals surface area contributed by atoms with Crippen LogP contribution in [0.2, 0.25) is 0 Å². The summed E-state index contributed by atoms with van der Waals surface area (Å²) in [5.74, 6) is 0.380. The van der Waals surface area contributed by atoms with Crippen molar-refractivity contribution in [2.24, 2.45) is 5.41 Å². The Labute approximate surface area is 135 Å². The van der Waals surface area contributed by atoms with Crippen LogP contribution in [0.25, 0.3) is 0 Å². The van der Waals surface area contributed by atoms with Crippen LogP contribution in [0.5, 0.6) is 0 Å². The van der Waals surface area contributed by atoms with Crippen molar-refractivity contribution in [3.8, 4) is 0 Å². The van der Waals surface area contributed by atoms with E-state index in [1.165, 1.54) is 0 Å². The zero-order valence-electron chi connectivity index (χ0n) is 15.3. The first-order valence-corrected chi connectivity index (χ1v) is 8.37. The number of rotatable bonds is 4. The van der Waals surface area contributed by atoms with Gasteiger partial charge in [0, 0.05) is 43.7 Å². The van der Waals surface area contributed by atoms with Gasteiger partial charge in [-0.15, -0.1) is 0 Å². The number of amides is 2. The molecule has 0 N–H and O–H groups in total. The highest BCUT2D eigenvalue weighted by Crippen LogP contribution is 2.18. The van der Waals surface area contributed by atoms with E-state index in [4.69, 9.17) is 0 Å². The van der Waals surface area contributed by atoms with Crippen LogP contribution in [0.15, 0.2) is 0 Å². The summed E-state index contributed by atoms with van der Waals surface area (Å²) < 4.78 is 0. The molecular formula is C17H33N3O2. The molecule has 22 heavy (non-hydrogen) atoms. The van der Waals surface area contributed by atoms with Crippen LogP contribution >= 0.6 is 0 Å². The van der Waals surface area contributed by atoms with Crippen molar-refractivity contribution in [2.45, 2.75) is 60.5 Å². The highest BCUT2D eigenvalue weighted by atomic mass is 16.2. The van der Waals surface area contributed by atoms with Crippen LogP contribution in [0.4, 0.5) is 0 Å². The SMILES string of the molecule is CC(C)N(C(=O)CN1CCN(C(=O)C(C)(C)C)CC1)C(C)C. The van der Waals surface area contributed by atoms with Crippen LogP contribution in [0, 0.1) is 5.41 Å². The van der Waals surface area contributed by atoms with E-state index in [1.54, 1.807) is 0 Å². The Morgan fingerprint density at radius 3 is 1.77 bits per heavy atom. The zero-order chi connectivity index (χ0) is 17.1. The van der Waals surface area contributed by atoms with Crippen molar-refractivity contribution in [3.63, 3.8) is 0 Å². The molecule has 1 fully saturated rings. The fraction of sp³-hybridized carbons (Fsp3) is 0.882. The zero-order valence-corrected chi connectivity index (χ0v) is 15.3. The first-order chi connectivity index (χ1) is 10.0. The highest BCUT2D eigenvalue weighted by Gasteiger charge is 2.30. The Kier molecular flexibility index (Phi) is 6.41. The fourth-order valence-electron chi connectivity index (χ4n) is 3.03. The Bertz CT molecular complexity index is 383. The minimum atomic E-state index is -0.329. The number of nitrogens with zero attached hydrogens (tertiary/aromatic N) is 3. The molecule has 0 aliphatic carbocycles. The second-order valence-electron chi connectivity index (χ2n) is 7.81. The van der Waals surface area contributed by atoms with Gasteiger partial charge in [-0.25, -0.2) is 0 Å². The molecule has 0 aromatic carbocycles. The van der Waals surface area contributed by atoms with Crippen LogP contribution in [-0.4, -0.2) is 71.3 Å². The molecule has 0 radical (unpaired) electrons. The number of hydrogen-bond donors (Lipinski definition) is 0. The van der Waals surface area contributed by atoms with Crippen molar-refractivity contribution in [3.05, 3.63) is 0 Å². The van der Waals surface area contributed by atoms with E-state index in [9.17, 15) is 9.59 Å². The maximum absolute atomic E-state index is 12.5. The third-order valence-electron chi connectivity index (χ3n) is 4.06. The summed E-state index contributed by atoms with van der Waals surface area (Å²) in [6.07, 6.45) is 0. The lowest BCUT2D eigenvalue weighted by atomic mass is 9.94. The third kappa shape index (κ3) is 4.97. The van der Waals surface area contributed by atoms with E-state index in [-0.39, 0.29) is 29.3 Å². The van der Waals surface area contributed by atoms with Gasteiger partial charge in [-0.05, 0) is 27.7 Å². The van der Waals surface area contributed by atoms with Gasteiger partial charge >= 0.3 is 0 Å². The van der Waals surface area contributed by atoms with Crippen LogP contribution in [0.3, 0.4) is 0 Å². The molecule has 2 amide bonds. The summed E-state index contributed by atoms with van der Waals surface area (Å²) in [6.45, 7) is 17.5. The molecule has 128 valence electrons. The molecular weight excluding hydrogens is 278 g/mol. The number of carbonyl (C=O) groups is 2. The van der Waals surface area contributed by atoms with Crippen molar-refractivity contribution in [1.82, 2.24) is 14.7 Å². The lowest BCUT2D eigenvalue weighted by Gasteiger charge is -2.39. The molecule has 0 atom stereocenters. The molecule has 0 aromatic heterocycles. The average molecular weight is 311 g/mol. The molecule has 5 heteroatoms. The largest absolute Gasteiger partial charge is 0.340 e. The monoisotopic (exact) mass is 311 g/mol. The van der Waals surface area contributed by atoms with E-state index in [2.05, 4.69) is 32.6 Å². The first-order valence-electron chi connectivity index (χ1n) is 8.37. The van der Waals surface area contributed by atoms with Crippen LogP contribution in [-0.2, 0) is 9.59 Å². The molecule has 1 aliphatic heterocycles. The van der Waals surface area contributed by atoms with Crippen LogP contribution < -0.4 is 0 Å². The van der Waals surface area contributed by atoms with E-state index < -0.39 is 0 Å². The fourth-order valence-corrected chi connectivity index (χ4v) is 3.03. The summed E-state index contributed by atoms with van der Waals surface area (Å²) >= 11 is 0. The maximum atomic E-state index is 12.5. The van der Waals surface area contributed by atoms with Crippen molar-refractivity contribution in [1.29, 1.82) is 0 Å². The minimum absolute atomic E-state index is 0.181. The Morgan fingerprint density at radius 1 is 0.955 bits per heavy atom. The lowest BCUT2D eigenvalue weighted by Crippen LogP contribution is -2.54. The quantitative estimate of drug-likeness (QED) is 0.795. The van der Waals surface area contributed by atoms with Gasteiger partial charge in [0.05, 0.1) is 6.54 Å².